The van der Waals surface area contributed by atoms with Crippen LogP contribution in [0.3, 0.4) is 0 Å². The fourth-order valence-corrected chi connectivity index (χ4v) is 2.65. The molecule has 24 heavy (non-hydrogen) atoms. The van der Waals surface area contributed by atoms with Crippen LogP contribution in [0.4, 0.5) is 4.39 Å². The van der Waals surface area contributed by atoms with Crippen LogP contribution in [0.25, 0.3) is 5.69 Å². The van der Waals surface area contributed by atoms with Crippen molar-refractivity contribution in [2.75, 3.05) is 0 Å². The number of rotatable bonds is 3. The van der Waals surface area contributed by atoms with Crippen LogP contribution in [0.15, 0.2) is 48.5 Å². The first-order valence-corrected chi connectivity index (χ1v) is 7.38. The van der Waals surface area contributed by atoms with Gasteiger partial charge in [-0.25, -0.2) is 9.07 Å². The monoisotopic (exact) mass is 319 g/mol. The van der Waals surface area contributed by atoms with Gasteiger partial charge < -0.3 is 0 Å². The highest BCUT2D eigenvalue weighted by atomic mass is 19.1. The van der Waals surface area contributed by atoms with Crippen molar-refractivity contribution in [1.82, 2.24) is 9.78 Å². The molecule has 0 aliphatic carbocycles. The Labute approximate surface area is 138 Å². The van der Waals surface area contributed by atoms with E-state index in [4.69, 9.17) is 5.26 Å². The van der Waals surface area contributed by atoms with Crippen LogP contribution < -0.4 is 0 Å². The minimum atomic E-state index is -0.381. The summed E-state index contributed by atoms with van der Waals surface area (Å²) in [7, 11) is 0. The van der Waals surface area contributed by atoms with Gasteiger partial charge in [0.15, 0.2) is 5.78 Å². The molecule has 0 N–H and O–H groups in total. The van der Waals surface area contributed by atoms with Crippen LogP contribution in [-0.4, -0.2) is 15.6 Å². The van der Waals surface area contributed by atoms with Crippen molar-refractivity contribution in [1.29, 1.82) is 5.26 Å². The van der Waals surface area contributed by atoms with E-state index in [2.05, 4.69) is 11.2 Å². The zero-order chi connectivity index (χ0) is 17.3. The van der Waals surface area contributed by atoms with Crippen molar-refractivity contribution < 1.29 is 9.18 Å². The number of benzene rings is 2. The molecule has 118 valence electrons. The highest BCUT2D eigenvalue weighted by Gasteiger charge is 2.20. The quantitative estimate of drug-likeness (QED) is 0.691. The number of ketones is 1. The average Bonchev–Trinajstić information content (AvgIpc) is 2.89. The molecule has 2 aromatic carbocycles. The molecule has 5 heteroatoms. The molecule has 0 fully saturated rings. The molecule has 1 heterocycles. The van der Waals surface area contributed by atoms with E-state index in [1.54, 1.807) is 35.9 Å². The van der Waals surface area contributed by atoms with Crippen LogP contribution in [0.2, 0.25) is 0 Å². The summed E-state index contributed by atoms with van der Waals surface area (Å²) in [4.78, 5) is 12.7. The third-order valence-electron chi connectivity index (χ3n) is 3.87. The standard InChI is InChI=1S/C19H14FN3O/c1-12-18(19(24)15-5-7-16(20)8-6-15)13(2)23(22-12)17-9-3-14(11-21)4-10-17/h3-10H,1-2H3. The second-order valence-electron chi connectivity index (χ2n) is 5.45. The molecule has 3 rings (SSSR count). The van der Waals surface area contributed by atoms with Crippen molar-refractivity contribution in [2.24, 2.45) is 0 Å². The lowest BCUT2D eigenvalue weighted by Crippen LogP contribution is -2.05. The fraction of sp³-hybridized carbons (Fsp3) is 0.105. The van der Waals surface area contributed by atoms with E-state index >= 15 is 0 Å². The van der Waals surface area contributed by atoms with Gasteiger partial charge in [0.1, 0.15) is 5.82 Å². The van der Waals surface area contributed by atoms with E-state index < -0.39 is 0 Å². The number of carbonyl (C=O) groups excluding carboxylic acids is 1. The highest BCUT2D eigenvalue weighted by molar-refractivity contribution is 6.10. The van der Waals surface area contributed by atoms with E-state index in [1.807, 2.05) is 6.92 Å². The summed E-state index contributed by atoms with van der Waals surface area (Å²) in [6, 6.07) is 14.5. The number of hydrogen-bond donors (Lipinski definition) is 0. The highest BCUT2D eigenvalue weighted by Crippen LogP contribution is 2.21. The smallest absolute Gasteiger partial charge is 0.196 e. The summed E-state index contributed by atoms with van der Waals surface area (Å²) in [5, 5.41) is 13.3. The van der Waals surface area contributed by atoms with Gasteiger partial charge >= 0.3 is 0 Å². The minimum absolute atomic E-state index is 0.190. The maximum atomic E-state index is 13.0. The van der Waals surface area contributed by atoms with Crippen LogP contribution in [-0.2, 0) is 0 Å². The Hall–Kier alpha value is -3.26. The molecule has 3 aromatic rings. The molecule has 0 aliphatic heterocycles. The molecular formula is C19H14FN3O. The third kappa shape index (κ3) is 2.70. The number of halogens is 1. The van der Waals surface area contributed by atoms with Crippen LogP contribution in [0.1, 0.15) is 32.9 Å². The second-order valence-corrected chi connectivity index (χ2v) is 5.45. The Balaban J connectivity index is 2.04. The number of aromatic nitrogens is 2. The molecule has 0 aliphatic rings. The fourth-order valence-electron chi connectivity index (χ4n) is 2.65. The first-order chi connectivity index (χ1) is 11.5. The van der Waals surface area contributed by atoms with Gasteiger partial charge in [-0.15, -0.1) is 0 Å². The van der Waals surface area contributed by atoms with Crippen LogP contribution >= 0.6 is 0 Å². The van der Waals surface area contributed by atoms with Gasteiger partial charge in [0.2, 0.25) is 0 Å². The molecule has 0 saturated heterocycles. The Bertz CT molecular complexity index is 948. The average molecular weight is 319 g/mol. The molecule has 0 bridgehead atoms. The van der Waals surface area contributed by atoms with Crippen molar-refractivity contribution in [3.8, 4) is 11.8 Å². The largest absolute Gasteiger partial charge is 0.288 e. The minimum Gasteiger partial charge on any atom is -0.288 e. The van der Waals surface area contributed by atoms with Gasteiger partial charge in [0.05, 0.1) is 34.3 Å². The van der Waals surface area contributed by atoms with E-state index in [0.29, 0.717) is 28.1 Å². The normalized spacial score (nSPS) is 10.4. The van der Waals surface area contributed by atoms with E-state index in [-0.39, 0.29) is 11.6 Å². The summed E-state index contributed by atoms with van der Waals surface area (Å²) in [6.07, 6.45) is 0. The summed E-state index contributed by atoms with van der Waals surface area (Å²) >= 11 is 0. The van der Waals surface area contributed by atoms with Gasteiger partial charge in [-0.1, -0.05) is 0 Å². The molecule has 0 spiro atoms. The van der Waals surface area contributed by atoms with Crippen LogP contribution in [0.5, 0.6) is 0 Å². The summed E-state index contributed by atoms with van der Waals surface area (Å²) < 4.78 is 14.7. The maximum absolute atomic E-state index is 13.0. The summed E-state index contributed by atoms with van der Waals surface area (Å²) in [5.41, 5.74) is 3.56. The van der Waals surface area contributed by atoms with E-state index in [9.17, 15) is 9.18 Å². The SMILES string of the molecule is Cc1nn(-c2ccc(C#N)cc2)c(C)c1C(=O)c1ccc(F)cc1. The van der Waals surface area contributed by atoms with Crippen molar-refractivity contribution >= 4 is 5.78 Å². The number of hydrogen-bond acceptors (Lipinski definition) is 3. The second kappa shape index (κ2) is 6.09. The molecule has 0 atom stereocenters. The molecular weight excluding hydrogens is 305 g/mol. The molecule has 0 amide bonds. The Morgan fingerprint density at radius 2 is 1.71 bits per heavy atom. The van der Waals surface area contributed by atoms with Crippen molar-refractivity contribution in [2.45, 2.75) is 13.8 Å². The summed E-state index contributed by atoms with van der Waals surface area (Å²) in [6.45, 7) is 3.58. The molecule has 4 nitrogen and oxygen atoms in total. The number of carbonyl (C=O) groups is 1. The summed E-state index contributed by atoms with van der Waals surface area (Å²) in [5.74, 6) is -0.571. The zero-order valence-corrected chi connectivity index (χ0v) is 13.2. The van der Waals surface area contributed by atoms with Gasteiger partial charge in [-0.2, -0.15) is 10.4 Å². The van der Waals surface area contributed by atoms with Crippen LogP contribution in [0, 0.1) is 31.0 Å². The number of nitriles is 1. The lowest BCUT2D eigenvalue weighted by Gasteiger charge is -2.05. The van der Waals surface area contributed by atoms with Gasteiger partial charge in [-0.05, 0) is 62.4 Å². The predicted molar refractivity (Wildman–Crippen MR) is 87.6 cm³/mol. The Morgan fingerprint density at radius 1 is 1.08 bits per heavy atom. The zero-order valence-electron chi connectivity index (χ0n) is 13.2. The van der Waals surface area contributed by atoms with Crippen molar-refractivity contribution in [3.05, 3.63) is 82.4 Å². The molecule has 1 aromatic heterocycles. The van der Waals surface area contributed by atoms with E-state index in [1.165, 1.54) is 24.3 Å². The lowest BCUT2D eigenvalue weighted by molar-refractivity contribution is 0.103. The molecule has 0 saturated carbocycles. The number of aryl methyl sites for hydroxylation is 1. The topological polar surface area (TPSA) is 58.7 Å². The predicted octanol–water partition coefficient (Wildman–Crippen LogP) is 3.73. The molecule has 0 unspecified atom stereocenters. The third-order valence-corrected chi connectivity index (χ3v) is 3.87. The van der Waals surface area contributed by atoms with Gasteiger partial charge in [0.25, 0.3) is 0 Å². The van der Waals surface area contributed by atoms with E-state index in [0.717, 1.165) is 5.69 Å². The Morgan fingerprint density at radius 3 is 2.29 bits per heavy atom. The maximum Gasteiger partial charge on any atom is 0.196 e. The van der Waals surface area contributed by atoms with Gasteiger partial charge in [0, 0.05) is 5.56 Å². The first kappa shape index (κ1) is 15.6. The van der Waals surface area contributed by atoms with Gasteiger partial charge in [-0.3, -0.25) is 4.79 Å². The lowest BCUT2D eigenvalue weighted by atomic mass is 10.0. The first-order valence-electron chi connectivity index (χ1n) is 7.38. The Kier molecular flexibility index (Phi) is 3.97. The van der Waals surface area contributed by atoms with Crippen molar-refractivity contribution in [3.63, 3.8) is 0 Å². The number of nitrogens with zero attached hydrogens (tertiary/aromatic N) is 3. The molecule has 0 radical (unpaired) electrons.